The van der Waals surface area contributed by atoms with Gasteiger partial charge in [0.05, 0.1) is 11.3 Å². The maximum Gasteiger partial charge on any atom is 0.345 e. The van der Waals surface area contributed by atoms with E-state index < -0.39 is 17.4 Å². The number of aliphatic imine (C=N–C) groups is 2. The highest BCUT2D eigenvalue weighted by molar-refractivity contribution is 6.09. The molecule has 0 unspecified atom stereocenters. The van der Waals surface area contributed by atoms with E-state index in [0.29, 0.717) is 11.3 Å². The quantitative estimate of drug-likeness (QED) is 0.613. The van der Waals surface area contributed by atoms with E-state index in [1.165, 1.54) is 24.3 Å². The number of carbonyl (C=O) groups excluding carboxylic acids is 1. The summed E-state index contributed by atoms with van der Waals surface area (Å²) < 4.78 is 18.6. The molecular formula is C21H22FN5O2. The van der Waals surface area contributed by atoms with Gasteiger partial charge in [-0.1, -0.05) is 18.6 Å². The van der Waals surface area contributed by atoms with Gasteiger partial charge >= 0.3 is 5.97 Å². The average Bonchev–Trinajstić information content (AvgIpc) is 2.70. The molecule has 2 aromatic rings. The number of guanidine groups is 2. The van der Waals surface area contributed by atoms with Crippen molar-refractivity contribution in [1.82, 2.24) is 0 Å². The van der Waals surface area contributed by atoms with E-state index in [1.807, 2.05) is 6.07 Å². The van der Waals surface area contributed by atoms with Crippen molar-refractivity contribution in [2.75, 3.05) is 4.90 Å². The summed E-state index contributed by atoms with van der Waals surface area (Å²) >= 11 is 0. The minimum absolute atomic E-state index is 0.145. The number of hydrogen-bond acceptors (Lipinski definition) is 7. The predicted molar refractivity (Wildman–Crippen MR) is 109 cm³/mol. The number of benzene rings is 2. The molecule has 29 heavy (non-hydrogen) atoms. The molecule has 1 aliphatic heterocycles. The molecule has 1 saturated carbocycles. The fraction of sp³-hybridized carbons (Fsp3) is 0.286. The molecule has 0 aromatic heterocycles. The Morgan fingerprint density at radius 3 is 2.45 bits per heavy atom. The van der Waals surface area contributed by atoms with E-state index >= 15 is 0 Å². The number of hydrogen-bond donors (Lipinski definition) is 2. The second kappa shape index (κ2) is 7.54. The Balaban J connectivity index is 1.72. The predicted octanol–water partition coefficient (Wildman–Crippen LogP) is 3.15. The van der Waals surface area contributed by atoms with Crippen LogP contribution in [0, 0.1) is 5.82 Å². The molecule has 1 spiro atoms. The molecule has 1 heterocycles. The van der Waals surface area contributed by atoms with E-state index in [9.17, 15) is 9.18 Å². The number of nitrogens with two attached hydrogens (primary N) is 2. The molecule has 150 valence electrons. The van der Waals surface area contributed by atoms with Gasteiger partial charge in [-0.15, -0.1) is 0 Å². The Labute approximate surface area is 167 Å². The van der Waals surface area contributed by atoms with Gasteiger partial charge in [-0.05, 0) is 62.1 Å². The van der Waals surface area contributed by atoms with Crippen molar-refractivity contribution in [3.8, 4) is 5.75 Å². The molecule has 1 aliphatic carbocycles. The van der Waals surface area contributed by atoms with Gasteiger partial charge in [0.25, 0.3) is 0 Å². The topological polar surface area (TPSA) is 106 Å². The van der Waals surface area contributed by atoms with Crippen LogP contribution in [0.15, 0.2) is 58.5 Å². The molecule has 2 aromatic carbocycles. The fourth-order valence-corrected chi connectivity index (χ4v) is 3.98. The number of para-hydroxylation sites is 1. The third-order valence-corrected chi connectivity index (χ3v) is 5.24. The first kappa shape index (κ1) is 18.9. The van der Waals surface area contributed by atoms with Crippen LogP contribution in [-0.2, 0) is 0 Å². The van der Waals surface area contributed by atoms with Crippen LogP contribution in [0.2, 0.25) is 0 Å². The van der Waals surface area contributed by atoms with Crippen LogP contribution in [-0.4, -0.2) is 23.6 Å². The monoisotopic (exact) mass is 395 g/mol. The van der Waals surface area contributed by atoms with Crippen molar-refractivity contribution in [3.05, 3.63) is 59.9 Å². The summed E-state index contributed by atoms with van der Waals surface area (Å²) in [7, 11) is 0. The third kappa shape index (κ3) is 3.65. The summed E-state index contributed by atoms with van der Waals surface area (Å²) in [5, 5.41) is 0. The first-order valence-electron chi connectivity index (χ1n) is 9.55. The van der Waals surface area contributed by atoms with Crippen LogP contribution >= 0.6 is 0 Å². The summed E-state index contributed by atoms with van der Waals surface area (Å²) in [4.78, 5) is 23.5. The van der Waals surface area contributed by atoms with E-state index in [-0.39, 0.29) is 17.7 Å². The Morgan fingerprint density at radius 2 is 1.72 bits per heavy atom. The first-order valence-corrected chi connectivity index (χ1v) is 9.55. The van der Waals surface area contributed by atoms with Crippen molar-refractivity contribution < 1.29 is 13.9 Å². The van der Waals surface area contributed by atoms with Gasteiger partial charge < -0.3 is 16.2 Å². The largest absolute Gasteiger partial charge is 0.423 e. The standard InChI is InChI=1S/C21H22FN5O2/c22-14-8-10-15(11-9-14)29-18(28)16-6-2-3-7-17(16)27-20(24)25-19(23)26-21(27)12-4-1-5-13-21/h2-3,6-11H,1,4-5,12-13H2,(H4,23,24,25,26). The third-order valence-electron chi connectivity index (χ3n) is 5.24. The van der Waals surface area contributed by atoms with Crippen molar-refractivity contribution >= 4 is 23.6 Å². The molecule has 4 rings (SSSR count). The Morgan fingerprint density at radius 1 is 1.03 bits per heavy atom. The minimum Gasteiger partial charge on any atom is -0.423 e. The molecule has 4 N–H and O–H groups in total. The molecule has 1 fully saturated rings. The summed E-state index contributed by atoms with van der Waals surface area (Å²) in [6.07, 6.45) is 4.57. The molecular weight excluding hydrogens is 373 g/mol. The average molecular weight is 395 g/mol. The lowest BCUT2D eigenvalue weighted by molar-refractivity contribution is 0.0735. The summed E-state index contributed by atoms with van der Waals surface area (Å²) in [5.74, 6) is -0.389. The molecule has 0 bridgehead atoms. The smallest absolute Gasteiger partial charge is 0.345 e. The van der Waals surface area contributed by atoms with E-state index in [0.717, 1.165) is 32.1 Å². The normalized spacial score (nSPS) is 18.2. The minimum atomic E-state index is -0.666. The second-order valence-corrected chi connectivity index (χ2v) is 7.18. The first-order chi connectivity index (χ1) is 14.0. The van der Waals surface area contributed by atoms with Crippen LogP contribution in [0.3, 0.4) is 0 Å². The van der Waals surface area contributed by atoms with Gasteiger partial charge in [0.1, 0.15) is 17.2 Å². The van der Waals surface area contributed by atoms with E-state index in [2.05, 4.69) is 9.98 Å². The van der Waals surface area contributed by atoms with Crippen molar-refractivity contribution in [2.45, 2.75) is 37.8 Å². The number of halogens is 1. The zero-order valence-corrected chi connectivity index (χ0v) is 15.8. The Hall–Kier alpha value is -3.42. The number of rotatable bonds is 3. The van der Waals surface area contributed by atoms with Crippen LogP contribution in [0.5, 0.6) is 5.75 Å². The highest BCUT2D eigenvalue weighted by Crippen LogP contribution is 2.40. The molecule has 0 radical (unpaired) electrons. The zero-order valence-electron chi connectivity index (χ0n) is 15.8. The molecule has 7 nitrogen and oxygen atoms in total. The summed E-state index contributed by atoms with van der Waals surface area (Å²) in [6, 6.07) is 12.3. The maximum atomic E-state index is 13.1. The summed E-state index contributed by atoms with van der Waals surface area (Å²) in [6.45, 7) is 0. The molecule has 0 saturated heterocycles. The molecule has 0 amide bonds. The molecule has 0 atom stereocenters. The van der Waals surface area contributed by atoms with Gasteiger partial charge in [-0.3, -0.25) is 4.90 Å². The number of anilines is 1. The van der Waals surface area contributed by atoms with Crippen molar-refractivity contribution in [3.63, 3.8) is 0 Å². The number of esters is 1. The van der Waals surface area contributed by atoms with Crippen LogP contribution in [0.4, 0.5) is 10.1 Å². The van der Waals surface area contributed by atoms with Gasteiger partial charge in [0.15, 0.2) is 0 Å². The van der Waals surface area contributed by atoms with Crippen molar-refractivity contribution in [2.24, 2.45) is 21.5 Å². The Bertz CT molecular complexity index is 981. The van der Waals surface area contributed by atoms with Crippen LogP contribution in [0.1, 0.15) is 42.5 Å². The highest BCUT2D eigenvalue weighted by atomic mass is 19.1. The number of ether oxygens (including phenoxy) is 1. The maximum absolute atomic E-state index is 13.1. The number of nitrogens with zero attached hydrogens (tertiary/aromatic N) is 3. The lowest BCUT2D eigenvalue weighted by atomic mass is 9.87. The lowest BCUT2D eigenvalue weighted by Gasteiger charge is -2.46. The van der Waals surface area contributed by atoms with Crippen LogP contribution < -0.4 is 21.1 Å². The second-order valence-electron chi connectivity index (χ2n) is 7.18. The SMILES string of the molecule is NC1=NC2(CCCCC2)N(c2ccccc2C(=O)Oc2ccc(F)cc2)C(N)=N1. The molecule has 2 aliphatic rings. The van der Waals surface area contributed by atoms with Gasteiger partial charge in [-0.2, -0.15) is 4.99 Å². The highest BCUT2D eigenvalue weighted by Gasteiger charge is 2.43. The lowest BCUT2D eigenvalue weighted by Crippen LogP contribution is -2.58. The van der Waals surface area contributed by atoms with Gasteiger partial charge in [0, 0.05) is 0 Å². The van der Waals surface area contributed by atoms with Crippen LogP contribution in [0.25, 0.3) is 0 Å². The zero-order chi connectivity index (χ0) is 20.4. The number of carbonyl (C=O) groups is 1. The molecule has 8 heteroatoms. The van der Waals surface area contributed by atoms with Gasteiger partial charge in [0.2, 0.25) is 11.9 Å². The van der Waals surface area contributed by atoms with E-state index in [1.54, 1.807) is 23.1 Å². The summed E-state index contributed by atoms with van der Waals surface area (Å²) in [5.41, 5.74) is 12.4. The Kier molecular flexibility index (Phi) is 4.92. The van der Waals surface area contributed by atoms with E-state index in [4.69, 9.17) is 16.2 Å². The fourth-order valence-electron chi connectivity index (χ4n) is 3.98. The van der Waals surface area contributed by atoms with Crippen molar-refractivity contribution in [1.29, 1.82) is 0 Å². The van der Waals surface area contributed by atoms with Gasteiger partial charge in [-0.25, -0.2) is 14.2 Å².